The van der Waals surface area contributed by atoms with Crippen molar-refractivity contribution in [1.29, 1.82) is 0 Å². The maximum Gasteiger partial charge on any atom is 0.490 e. The van der Waals surface area contributed by atoms with Crippen LogP contribution < -0.4 is 5.73 Å². The fourth-order valence-corrected chi connectivity index (χ4v) is 1.84. The van der Waals surface area contributed by atoms with Gasteiger partial charge in [-0.1, -0.05) is 24.3 Å². The molecule has 21 heavy (non-hydrogen) atoms. The summed E-state index contributed by atoms with van der Waals surface area (Å²) in [6.45, 7) is 1.63. The van der Waals surface area contributed by atoms with Crippen molar-refractivity contribution in [2.75, 3.05) is 13.1 Å². The molecule has 5 nitrogen and oxygen atoms in total. The Balaban J connectivity index is 0.000000270. The summed E-state index contributed by atoms with van der Waals surface area (Å²) in [6.07, 6.45) is -4.14. The number of amides is 1. The Morgan fingerprint density at radius 3 is 2.24 bits per heavy atom. The predicted octanol–water partition coefficient (Wildman–Crippen LogP) is 1.16. The highest BCUT2D eigenvalue weighted by molar-refractivity contribution is 5.78. The molecule has 1 aliphatic heterocycles. The van der Waals surface area contributed by atoms with Crippen molar-refractivity contribution >= 4 is 11.9 Å². The van der Waals surface area contributed by atoms with Crippen LogP contribution in [0.2, 0.25) is 0 Å². The Morgan fingerprint density at radius 1 is 1.24 bits per heavy atom. The largest absolute Gasteiger partial charge is 0.490 e. The van der Waals surface area contributed by atoms with E-state index in [9.17, 15) is 18.0 Å². The molecule has 0 saturated carbocycles. The SMILES string of the molecule is NCC(=O)N1CCc2ccccc2C1.O=C(O)C(F)(F)F. The maximum absolute atomic E-state index is 11.4. The molecule has 8 heteroatoms. The molecule has 1 aliphatic rings. The van der Waals surface area contributed by atoms with E-state index in [1.165, 1.54) is 11.1 Å². The molecule has 116 valence electrons. The smallest absolute Gasteiger partial charge is 0.475 e. The number of alkyl halides is 3. The van der Waals surface area contributed by atoms with Gasteiger partial charge in [0.1, 0.15) is 0 Å². The molecule has 3 N–H and O–H groups in total. The zero-order valence-corrected chi connectivity index (χ0v) is 11.1. The van der Waals surface area contributed by atoms with Gasteiger partial charge in [-0.3, -0.25) is 4.79 Å². The van der Waals surface area contributed by atoms with Crippen LogP contribution in [0.3, 0.4) is 0 Å². The van der Waals surface area contributed by atoms with E-state index in [4.69, 9.17) is 15.6 Å². The summed E-state index contributed by atoms with van der Waals surface area (Å²) in [5.74, 6) is -2.72. The van der Waals surface area contributed by atoms with Crippen LogP contribution in [0.25, 0.3) is 0 Å². The number of carboxylic acids is 1. The minimum atomic E-state index is -5.08. The molecule has 1 aromatic rings. The van der Waals surface area contributed by atoms with Gasteiger partial charge >= 0.3 is 12.1 Å². The lowest BCUT2D eigenvalue weighted by molar-refractivity contribution is -0.192. The number of benzene rings is 1. The number of nitrogens with zero attached hydrogens (tertiary/aromatic N) is 1. The minimum absolute atomic E-state index is 0.0412. The fraction of sp³-hybridized carbons (Fsp3) is 0.385. The number of aliphatic carboxylic acids is 1. The Hall–Kier alpha value is -2.09. The van der Waals surface area contributed by atoms with Crippen LogP contribution >= 0.6 is 0 Å². The van der Waals surface area contributed by atoms with Crippen LogP contribution in [0.1, 0.15) is 11.1 Å². The van der Waals surface area contributed by atoms with Crippen molar-refractivity contribution in [3.05, 3.63) is 35.4 Å². The zero-order valence-electron chi connectivity index (χ0n) is 11.1. The van der Waals surface area contributed by atoms with Gasteiger partial charge in [0.2, 0.25) is 5.91 Å². The van der Waals surface area contributed by atoms with Crippen LogP contribution in [0.4, 0.5) is 13.2 Å². The lowest BCUT2D eigenvalue weighted by Gasteiger charge is -2.28. The quantitative estimate of drug-likeness (QED) is 0.815. The molecular weight excluding hydrogens is 289 g/mol. The zero-order chi connectivity index (χ0) is 16.0. The van der Waals surface area contributed by atoms with Crippen LogP contribution in [0.5, 0.6) is 0 Å². The number of carboxylic acid groups (broad SMARTS) is 1. The monoisotopic (exact) mass is 304 g/mol. The van der Waals surface area contributed by atoms with E-state index in [0.717, 1.165) is 13.0 Å². The molecule has 0 saturated heterocycles. The molecule has 0 atom stereocenters. The molecule has 1 amide bonds. The molecule has 0 aromatic heterocycles. The van der Waals surface area contributed by atoms with Gasteiger partial charge in [0.05, 0.1) is 6.54 Å². The van der Waals surface area contributed by atoms with Crippen LogP contribution in [-0.2, 0) is 22.6 Å². The average Bonchev–Trinajstić information content (AvgIpc) is 2.45. The van der Waals surface area contributed by atoms with E-state index in [1.54, 1.807) is 0 Å². The highest BCUT2D eigenvalue weighted by Crippen LogP contribution is 2.18. The molecule has 0 unspecified atom stereocenters. The number of hydrogen-bond donors (Lipinski definition) is 2. The Labute approximate surface area is 119 Å². The first-order chi connectivity index (χ1) is 9.75. The summed E-state index contributed by atoms with van der Waals surface area (Å²) in [6, 6.07) is 8.25. The molecule has 0 fully saturated rings. The van der Waals surface area contributed by atoms with E-state index in [1.807, 2.05) is 17.0 Å². The fourth-order valence-electron chi connectivity index (χ4n) is 1.84. The molecule has 2 rings (SSSR count). The van der Waals surface area contributed by atoms with Crippen molar-refractivity contribution in [3.63, 3.8) is 0 Å². The second-order valence-corrected chi connectivity index (χ2v) is 4.34. The molecule has 0 bridgehead atoms. The number of hydrogen-bond acceptors (Lipinski definition) is 3. The topological polar surface area (TPSA) is 83.6 Å². The van der Waals surface area contributed by atoms with Gasteiger partial charge in [-0.15, -0.1) is 0 Å². The first-order valence-corrected chi connectivity index (χ1v) is 6.10. The van der Waals surface area contributed by atoms with Gasteiger partial charge in [0.15, 0.2) is 0 Å². The van der Waals surface area contributed by atoms with Gasteiger partial charge in [-0.2, -0.15) is 13.2 Å². The summed E-state index contributed by atoms with van der Waals surface area (Å²) in [4.78, 5) is 22.1. The van der Waals surface area contributed by atoms with E-state index in [0.29, 0.717) is 6.54 Å². The molecule has 0 aliphatic carbocycles. The summed E-state index contributed by atoms with van der Waals surface area (Å²) in [7, 11) is 0. The average molecular weight is 304 g/mol. The van der Waals surface area contributed by atoms with Crippen molar-refractivity contribution in [1.82, 2.24) is 4.90 Å². The van der Waals surface area contributed by atoms with Crippen molar-refractivity contribution in [2.24, 2.45) is 5.73 Å². The molecule has 0 spiro atoms. The third kappa shape index (κ3) is 5.07. The van der Waals surface area contributed by atoms with Crippen molar-refractivity contribution in [2.45, 2.75) is 19.1 Å². The van der Waals surface area contributed by atoms with E-state index in [-0.39, 0.29) is 12.5 Å². The Morgan fingerprint density at radius 2 is 1.76 bits per heavy atom. The van der Waals surface area contributed by atoms with Gasteiger partial charge in [0, 0.05) is 13.1 Å². The van der Waals surface area contributed by atoms with Gasteiger partial charge in [-0.05, 0) is 17.5 Å². The van der Waals surface area contributed by atoms with Crippen LogP contribution in [0.15, 0.2) is 24.3 Å². The molecule has 1 aromatic carbocycles. The summed E-state index contributed by atoms with van der Waals surface area (Å²) in [5.41, 5.74) is 7.94. The number of carbonyl (C=O) groups excluding carboxylic acids is 1. The second kappa shape index (κ2) is 7.07. The summed E-state index contributed by atoms with van der Waals surface area (Å²) < 4.78 is 31.7. The predicted molar refractivity (Wildman–Crippen MR) is 68.3 cm³/mol. The second-order valence-electron chi connectivity index (χ2n) is 4.34. The maximum atomic E-state index is 11.4. The first-order valence-electron chi connectivity index (χ1n) is 6.10. The standard InChI is InChI=1S/C11H14N2O.C2HF3O2/c12-7-11(14)13-6-5-9-3-1-2-4-10(9)8-13;3-2(4,5)1(6)7/h1-4H,5-8,12H2;(H,6,7). The lowest BCUT2D eigenvalue weighted by atomic mass is 10.00. The number of halogens is 3. The van der Waals surface area contributed by atoms with Crippen molar-refractivity contribution < 1.29 is 27.9 Å². The normalized spacial score (nSPS) is 13.8. The van der Waals surface area contributed by atoms with E-state index >= 15 is 0 Å². The highest BCUT2D eigenvalue weighted by Gasteiger charge is 2.38. The third-order valence-corrected chi connectivity index (χ3v) is 2.90. The highest BCUT2D eigenvalue weighted by atomic mass is 19.4. The van der Waals surface area contributed by atoms with Crippen LogP contribution in [-0.4, -0.2) is 41.1 Å². The summed E-state index contributed by atoms with van der Waals surface area (Å²) >= 11 is 0. The molecule has 1 heterocycles. The van der Waals surface area contributed by atoms with Crippen molar-refractivity contribution in [3.8, 4) is 0 Å². The third-order valence-electron chi connectivity index (χ3n) is 2.90. The van der Waals surface area contributed by atoms with Gasteiger partial charge in [0.25, 0.3) is 0 Å². The Bertz CT molecular complexity index is 518. The first kappa shape index (κ1) is 17.0. The summed E-state index contributed by atoms with van der Waals surface area (Å²) in [5, 5.41) is 7.12. The number of nitrogens with two attached hydrogens (primary N) is 1. The van der Waals surface area contributed by atoms with E-state index < -0.39 is 12.1 Å². The minimum Gasteiger partial charge on any atom is -0.475 e. The number of carbonyl (C=O) groups is 2. The molecule has 0 radical (unpaired) electrons. The number of rotatable bonds is 1. The van der Waals surface area contributed by atoms with E-state index in [2.05, 4.69) is 12.1 Å². The van der Waals surface area contributed by atoms with Gasteiger partial charge < -0.3 is 15.7 Å². The molecular formula is C13H15F3N2O3. The Kier molecular flexibility index (Phi) is 5.71. The lowest BCUT2D eigenvalue weighted by Crippen LogP contribution is -2.39. The van der Waals surface area contributed by atoms with Crippen LogP contribution in [0, 0.1) is 0 Å². The number of fused-ring (bicyclic) bond motifs is 1. The van der Waals surface area contributed by atoms with Gasteiger partial charge in [-0.25, -0.2) is 4.79 Å².